The average molecular weight is 445 g/mol. The van der Waals surface area contributed by atoms with Crippen molar-refractivity contribution in [2.75, 3.05) is 0 Å². The van der Waals surface area contributed by atoms with Crippen LogP contribution >= 0.6 is 0 Å². The van der Waals surface area contributed by atoms with Gasteiger partial charge in [-0.25, -0.2) is 15.0 Å². The van der Waals surface area contributed by atoms with Crippen molar-refractivity contribution in [1.29, 1.82) is 0 Å². The highest BCUT2D eigenvalue weighted by molar-refractivity contribution is 5.80. The van der Waals surface area contributed by atoms with Gasteiger partial charge in [-0.2, -0.15) is 13.2 Å². The summed E-state index contributed by atoms with van der Waals surface area (Å²) >= 11 is 0. The van der Waals surface area contributed by atoms with E-state index >= 15 is 0 Å². The Balaban J connectivity index is 1.58. The molecule has 0 spiro atoms. The lowest BCUT2D eigenvalue weighted by molar-refractivity contribution is -0.142. The second kappa shape index (κ2) is 8.18. The van der Waals surface area contributed by atoms with Crippen molar-refractivity contribution in [1.82, 2.24) is 24.8 Å². The number of benzene rings is 1. The molecular formula is C23H26F3N5O. The van der Waals surface area contributed by atoms with Crippen LogP contribution in [0, 0.1) is 12.8 Å². The zero-order chi connectivity index (χ0) is 23.2. The lowest BCUT2D eigenvalue weighted by Crippen LogP contribution is -2.37. The van der Waals surface area contributed by atoms with Gasteiger partial charge in [0.2, 0.25) is 5.91 Å². The third-order valence-electron chi connectivity index (χ3n) is 5.91. The van der Waals surface area contributed by atoms with Gasteiger partial charge in [0.05, 0.1) is 17.1 Å². The number of hydrogen-bond acceptors (Lipinski definition) is 4. The molecule has 2 atom stereocenters. The van der Waals surface area contributed by atoms with Crippen LogP contribution in [0.25, 0.3) is 11.0 Å². The number of nitrogens with one attached hydrogen (secondary N) is 1. The van der Waals surface area contributed by atoms with Crippen molar-refractivity contribution >= 4 is 16.9 Å². The Morgan fingerprint density at radius 3 is 2.56 bits per heavy atom. The number of para-hydroxylation sites is 2. The van der Waals surface area contributed by atoms with E-state index < -0.39 is 23.8 Å². The number of imidazole rings is 1. The standard InChI is InChI=1S/C23H26F3N5O/c1-12(2)31-19-8-6-5-7-18(19)30-21(31)13(3)27-22(32)15-9-10-17-16(11-15)20(23(24,25)26)29-14(4)28-17/h5-8,12-13,15H,9-11H2,1-4H3,(H,27,32)/t13-,15-/m0/s1. The largest absolute Gasteiger partial charge is 0.433 e. The van der Waals surface area contributed by atoms with Crippen LogP contribution < -0.4 is 5.32 Å². The number of amides is 1. The van der Waals surface area contributed by atoms with E-state index in [0.717, 1.165) is 16.9 Å². The van der Waals surface area contributed by atoms with Gasteiger partial charge >= 0.3 is 6.18 Å². The minimum atomic E-state index is -4.58. The quantitative estimate of drug-likeness (QED) is 0.631. The van der Waals surface area contributed by atoms with E-state index in [2.05, 4.69) is 19.9 Å². The summed E-state index contributed by atoms with van der Waals surface area (Å²) in [6.45, 7) is 7.40. The molecule has 0 fully saturated rings. The molecule has 0 aliphatic heterocycles. The number of rotatable bonds is 4. The Bertz CT molecular complexity index is 1170. The number of nitrogens with zero attached hydrogens (tertiary/aromatic N) is 4. The average Bonchev–Trinajstić information content (AvgIpc) is 3.12. The van der Waals surface area contributed by atoms with Crippen LogP contribution in [0.1, 0.15) is 67.9 Å². The topological polar surface area (TPSA) is 72.7 Å². The van der Waals surface area contributed by atoms with Crippen LogP contribution in [0.3, 0.4) is 0 Å². The van der Waals surface area contributed by atoms with Gasteiger partial charge in [0.25, 0.3) is 0 Å². The highest BCUT2D eigenvalue weighted by Crippen LogP contribution is 2.36. The molecule has 0 bridgehead atoms. The summed E-state index contributed by atoms with van der Waals surface area (Å²) in [6, 6.07) is 7.50. The molecule has 9 heteroatoms. The molecule has 2 heterocycles. The normalized spacial score (nSPS) is 17.4. The first-order valence-electron chi connectivity index (χ1n) is 10.8. The summed E-state index contributed by atoms with van der Waals surface area (Å²) in [5.41, 5.74) is 1.33. The molecule has 170 valence electrons. The fraction of sp³-hybridized carbons (Fsp3) is 0.478. The lowest BCUT2D eigenvalue weighted by Gasteiger charge is -2.27. The van der Waals surface area contributed by atoms with Crippen LogP contribution in [-0.4, -0.2) is 25.4 Å². The van der Waals surface area contributed by atoms with Crippen LogP contribution in [-0.2, 0) is 23.8 Å². The van der Waals surface area contributed by atoms with Gasteiger partial charge in [-0.3, -0.25) is 4.79 Å². The summed E-state index contributed by atoms with van der Waals surface area (Å²) in [4.78, 5) is 25.6. The number of fused-ring (bicyclic) bond motifs is 2. The maximum absolute atomic E-state index is 13.5. The van der Waals surface area contributed by atoms with Crippen LogP contribution in [0.2, 0.25) is 0 Å². The zero-order valence-corrected chi connectivity index (χ0v) is 18.5. The number of aromatic nitrogens is 4. The maximum Gasteiger partial charge on any atom is 0.433 e. The van der Waals surface area contributed by atoms with Gasteiger partial charge in [0.1, 0.15) is 11.6 Å². The number of halogens is 3. The number of aryl methyl sites for hydroxylation is 2. The Morgan fingerprint density at radius 2 is 1.88 bits per heavy atom. The van der Waals surface area contributed by atoms with E-state index in [1.165, 1.54) is 6.92 Å². The Labute approximate surface area is 184 Å². The minimum Gasteiger partial charge on any atom is -0.346 e. The number of carbonyl (C=O) groups is 1. The molecule has 32 heavy (non-hydrogen) atoms. The zero-order valence-electron chi connectivity index (χ0n) is 18.5. The van der Waals surface area contributed by atoms with Crippen molar-refractivity contribution in [3.05, 3.63) is 52.9 Å². The van der Waals surface area contributed by atoms with Gasteiger partial charge in [-0.1, -0.05) is 12.1 Å². The predicted octanol–water partition coefficient (Wildman–Crippen LogP) is 4.72. The molecular weight excluding hydrogens is 419 g/mol. The van der Waals surface area contributed by atoms with Gasteiger partial charge in [-0.05, 0) is 59.1 Å². The third-order valence-corrected chi connectivity index (χ3v) is 5.91. The highest BCUT2D eigenvalue weighted by atomic mass is 19.4. The first-order valence-corrected chi connectivity index (χ1v) is 10.8. The van der Waals surface area contributed by atoms with Crippen molar-refractivity contribution in [3.63, 3.8) is 0 Å². The Hall–Kier alpha value is -2.97. The van der Waals surface area contributed by atoms with E-state index in [1.54, 1.807) is 0 Å². The summed E-state index contributed by atoms with van der Waals surface area (Å²) in [5, 5.41) is 2.98. The SMILES string of the molecule is Cc1nc2c(c(C(F)(F)F)n1)C[C@@H](C(=O)N[C@@H](C)c1nc3ccccc3n1C(C)C)CC2. The molecule has 1 N–H and O–H groups in total. The van der Waals surface area contributed by atoms with E-state index in [0.29, 0.717) is 18.5 Å². The van der Waals surface area contributed by atoms with E-state index in [-0.39, 0.29) is 29.8 Å². The van der Waals surface area contributed by atoms with E-state index in [1.807, 2.05) is 45.0 Å². The van der Waals surface area contributed by atoms with Crippen molar-refractivity contribution in [2.24, 2.45) is 5.92 Å². The number of hydrogen-bond donors (Lipinski definition) is 1. The maximum atomic E-state index is 13.5. The van der Waals surface area contributed by atoms with Gasteiger partial charge in [0, 0.05) is 23.2 Å². The van der Waals surface area contributed by atoms with Crippen LogP contribution in [0.15, 0.2) is 24.3 Å². The third kappa shape index (κ3) is 4.08. The summed E-state index contributed by atoms with van der Waals surface area (Å²) in [7, 11) is 0. The number of carbonyl (C=O) groups excluding carboxylic acids is 1. The molecule has 0 radical (unpaired) electrons. The molecule has 4 rings (SSSR count). The molecule has 1 aliphatic rings. The second-order valence-electron chi connectivity index (χ2n) is 8.63. The minimum absolute atomic E-state index is 0.0242. The fourth-order valence-electron chi connectivity index (χ4n) is 4.50. The Morgan fingerprint density at radius 1 is 1.16 bits per heavy atom. The van der Waals surface area contributed by atoms with Crippen molar-refractivity contribution in [2.45, 2.75) is 65.2 Å². The molecule has 0 saturated heterocycles. The summed E-state index contributed by atoms with van der Waals surface area (Å²) < 4.78 is 42.7. The summed E-state index contributed by atoms with van der Waals surface area (Å²) in [5.74, 6) is -0.0330. The Kier molecular flexibility index (Phi) is 5.68. The predicted molar refractivity (Wildman–Crippen MR) is 114 cm³/mol. The fourth-order valence-corrected chi connectivity index (χ4v) is 4.50. The monoisotopic (exact) mass is 445 g/mol. The van der Waals surface area contributed by atoms with Gasteiger partial charge in [0.15, 0.2) is 5.69 Å². The molecule has 6 nitrogen and oxygen atoms in total. The molecule has 2 aromatic heterocycles. The molecule has 1 amide bonds. The van der Waals surface area contributed by atoms with Crippen LogP contribution in [0.5, 0.6) is 0 Å². The van der Waals surface area contributed by atoms with Crippen LogP contribution in [0.4, 0.5) is 13.2 Å². The van der Waals surface area contributed by atoms with Crippen molar-refractivity contribution in [3.8, 4) is 0 Å². The summed E-state index contributed by atoms with van der Waals surface area (Å²) in [6.07, 6.45) is -3.84. The smallest absolute Gasteiger partial charge is 0.346 e. The second-order valence-corrected chi connectivity index (χ2v) is 8.63. The van der Waals surface area contributed by atoms with Gasteiger partial charge < -0.3 is 9.88 Å². The first kappa shape index (κ1) is 22.2. The molecule has 1 aromatic carbocycles. The molecule has 1 aliphatic carbocycles. The first-order chi connectivity index (χ1) is 15.1. The van der Waals surface area contributed by atoms with Gasteiger partial charge in [-0.15, -0.1) is 0 Å². The molecule has 0 unspecified atom stereocenters. The molecule has 0 saturated carbocycles. The van der Waals surface area contributed by atoms with E-state index in [4.69, 9.17) is 4.98 Å². The van der Waals surface area contributed by atoms with E-state index in [9.17, 15) is 18.0 Å². The lowest BCUT2D eigenvalue weighted by atomic mass is 9.84. The highest BCUT2D eigenvalue weighted by Gasteiger charge is 2.40. The molecule has 3 aromatic rings. The van der Waals surface area contributed by atoms with Crippen molar-refractivity contribution < 1.29 is 18.0 Å². The number of alkyl halides is 3.